The molecule has 1 atom stereocenters. The van der Waals surface area contributed by atoms with Crippen molar-refractivity contribution in [1.29, 1.82) is 0 Å². The number of nitrogens with zero attached hydrogens (tertiary/aromatic N) is 2. The van der Waals surface area contributed by atoms with Crippen LogP contribution in [0, 0.1) is 13.8 Å². The van der Waals surface area contributed by atoms with E-state index in [0.717, 1.165) is 16.8 Å². The molecule has 1 unspecified atom stereocenters. The maximum absolute atomic E-state index is 13.3. The summed E-state index contributed by atoms with van der Waals surface area (Å²) in [6.45, 7) is 4.34. The van der Waals surface area contributed by atoms with Crippen LogP contribution in [0.2, 0.25) is 0 Å². The molecule has 0 bridgehead atoms. The van der Waals surface area contributed by atoms with Gasteiger partial charge in [0.15, 0.2) is 0 Å². The van der Waals surface area contributed by atoms with Gasteiger partial charge in [-0.1, -0.05) is 17.7 Å². The summed E-state index contributed by atoms with van der Waals surface area (Å²) >= 11 is 0. The second kappa shape index (κ2) is 5.34. The summed E-state index contributed by atoms with van der Waals surface area (Å²) in [5.41, 5.74) is 4.06. The molecule has 24 heavy (non-hydrogen) atoms. The molecule has 0 saturated heterocycles. The van der Waals surface area contributed by atoms with E-state index in [-0.39, 0.29) is 6.04 Å². The highest BCUT2D eigenvalue weighted by atomic mass is 32.2. The van der Waals surface area contributed by atoms with Crippen LogP contribution in [0.1, 0.15) is 23.4 Å². The highest BCUT2D eigenvalue weighted by Gasteiger charge is 2.43. The number of hydrogen-bond acceptors (Lipinski definition) is 4. The lowest BCUT2D eigenvalue weighted by molar-refractivity contribution is 0.230. The van der Waals surface area contributed by atoms with Crippen LogP contribution in [0.5, 0.6) is 0 Å². The molecular formula is C18H18N2O3S. The highest BCUT2D eigenvalue weighted by Crippen LogP contribution is 2.45. The lowest BCUT2D eigenvalue weighted by Gasteiger charge is -2.28. The van der Waals surface area contributed by atoms with Crippen molar-refractivity contribution in [3.63, 3.8) is 0 Å². The van der Waals surface area contributed by atoms with Crippen LogP contribution in [0.3, 0.4) is 0 Å². The summed E-state index contributed by atoms with van der Waals surface area (Å²) in [6, 6.07) is 10.4. The van der Waals surface area contributed by atoms with Gasteiger partial charge in [0.1, 0.15) is 0 Å². The molecule has 3 heterocycles. The molecule has 1 aromatic carbocycles. The van der Waals surface area contributed by atoms with E-state index in [0.29, 0.717) is 29.3 Å². The van der Waals surface area contributed by atoms with Crippen molar-refractivity contribution in [2.45, 2.75) is 31.2 Å². The molecular weight excluding hydrogens is 324 g/mol. The Bertz CT molecular complexity index is 933. The number of hydrogen-bond donors (Lipinski definition) is 0. The van der Waals surface area contributed by atoms with Gasteiger partial charge in [-0.25, -0.2) is 8.42 Å². The number of aromatic nitrogens is 1. The molecule has 1 aromatic heterocycles. The molecule has 0 radical (unpaired) electrons. The maximum atomic E-state index is 13.3. The van der Waals surface area contributed by atoms with E-state index >= 15 is 0 Å². The van der Waals surface area contributed by atoms with Crippen LogP contribution in [0.15, 0.2) is 47.6 Å². The number of anilines is 1. The van der Waals surface area contributed by atoms with Crippen LogP contribution in [0.4, 0.5) is 5.69 Å². The molecule has 124 valence electrons. The largest absolute Gasteiger partial charge is 0.501 e. The van der Waals surface area contributed by atoms with Gasteiger partial charge in [-0.3, -0.25) is 9.29 Å². The minimum absolute atomic E-state index is 0.255. The van der Waals surface area contributed by atoms with Gasteiger partial charge in [0.25, 0.3) is 10.0 Å². The highest BCUT2D eigenvalue weighted by molar-refractivity contribution is 7.93. The third-order valence-corrected chi connectivity index (χ3v) is 6.30. The number of aryl methyl sites for hydroxylation is 2. The summed E-state index contributed by atoms with van der Waals surface area (Å²) in [5.74, 6) is 0. The molecule has 6 heteroatoms. The fourth-order valence-corrected chi connectivity index (χ4v) is 4.92. The molecule has 2 aromatic rings. The van der Waals surface area contributed by atoms with Crippen molar-refractivity contribution in [2.75, 3.05) is 10.9 Å². The molecule has 0 aliphatic carbocycles. The predicted molar refractivity (Wildman–Crippen MR) is 92.2 cm³/mol. The van der Waals surface area contributed by atoms with Crippen molar-refractivity contribution < 1.29 is 13.2 Å². The summed E-state index contributed by atoms with van der Waals surface area (Å²) in [5, 5.41) is 0. The molecule has 2 aliphatic heterocycles. The first-order chi connectivity index (χ1) is 11.5. The molecule has 5 nitrogen and oxygen atoms in total. The Morgan fingerprint density at radius 2 is 1.88 bits per heavy atom. The molecule has 0 spiro atoms. The Labute approximate surface area is 141 Å². The second-order valence-electron chi connectivity index (χ2n) is 6.18. The van der Waals surface area contributed by atoms with Crippen LogP contribution < -0.4 is 4.31 Å². The Kier molecular flexibility index (Phi) is 3.38. The Hall–Kier alpha value is -2.34. The monoisotopic (exact) mass is 342 g/mol. The minimum atomic E-state index is -3.66. The van der Waals surface area contributed by atoms with Crippen molar-refractivity contribution in [3.8, 4) is 0 Å². The fourth-order valence-electron chi connectivity index (χ4n) is 3.25. The lowest BCUT2D eigenvalue weighted by Crippen LogP contribution is -2.39. The first-order valence-electron chi connectivity index (χ1n) is 7.89. The average molecular weight is 342 g/mol. The predicted octanol–water partition coefficient (Wildman–Crippen LogP) is 3.04. The quantitative estimate of drug-likeness (QED) is 0.842. The molecule has 0 N–H and O–H groups in total. The molecule has 0 saturated carbocycles. The van der Waals surface area contributed by atoms with Gasteiger partial charge in [0.2, 0.25) is 0 Å². The van der Waals surface area contributed by atoms with E-state index in [1.807, 2.05) is 38.1 Å². The standard InChI is InChI=1S/C18H18N2O3S/c1-12-3-6-14(7-4-12)24(21,22)20-16-9-10-23-11-15(16)18-17(20)8-5-13(2)19-18/h3-8,11,16H,9-10H2,1-2H3. The molecule has 2 aliphatic rings. The number of sulfonamides is 1. The summed E-state index contributed by atoms with van der Waals surface area (Å²) in [6.07, 6.45) is 2.27. The number of fused-ring (bicyclic) bond motifs is 3. The van der Waals surface area contributed by atoms with E-state index < -0.39 is 10.0 Å². The molecule has 0 fully saturated rings. The number of pyridine rings is 1. The zero-order chi connectivity index (χ0) is 16.9. The average Bonchev–Trinajstić information content (AvgIpc) is 2.90. The molecule has 0 amide bonds. The summed E-state index contributed by atoms with van der Waals surface area (Å²) in [7, 11) is -3.66. The number of benzene rings is 1. The SMILES string of the molecule is Cc1ccc(S(=O)(=O)N2c3ccc(C)nc3C3=COCCC32)cc1. The van der Waals surface area contributed by atoms with E-state index in [1.165, 1.54) is 4.31 Å². The van der Waals surface area contributed by atoms with Crippen LogP contribution in [-0.2, 0) is 14.8 Å². The van der Waals surface area contributed by atoms with E-state index in [9.17, 15) is 8.42 Å². The van der Waals surface area contributed by atoms with E-state index in [1.54, 1.807) is 18.4 Å². The zero-order valence-corrected chi connectivity index (χ0v) is 14.4. The van der Waals surface area contributed by atoms with Gasteiger partial charge < -0.3 is 4.74 Å². The lowest BCUT2D eigenvalue weighted by atomic mass is 10.0. The normalized spacial score (nSPS) is 19.3. The minimum Gasteiger partial charge on any atom is -0.501 e. The Balaban J connectivity index is 1.90. The van der Waals surface area contributed by atoms with Crippen molar-refractivity contribution in [3.05, 3.63) is 59.6 Å². The first kappa shape index (κ1) is 15.2. The fraction of sp³-hybridized carbons (Fsp3) is 0.278. The van der Waals surface area contributed by atoms with Gasteiger partial charge >= 0.3 is 0 Å². The summed E-state index contributed by atoms with van der Waals surface area (Å²) < 4.78 is 33.5. The van der Waals surface area contributed by atoms with Crippen LogP contribution in [0.25, 0.3) is 5.57 Å². The van der Waals surface area contributed by atoms with Gasteiger partial charge in [-0.15, -0.1) is 0 Å². The van der Waals surface area contributed by atoms with E-state index in [2.05, 4.69) is 4.98 Å². The Morgan fingerprint density at radius 3 is 2.62 bits per heavy atom. The van der Waals surface area contributed by atoms with Crippen molar-refractivity contribution in [2.24, 2.45) is 0 Å². The third-order valence-electron chi connectivity index (χ3n) is 4.46. The van der Waals surface area contributed by atoms with Gasteiger partial charge in [0.05, 0.1) is 35.2 Å². The topological polar surface area (TPSA) is 59.5 Å². The van der Waals surface area contributed by atoms with Gasteiger partial charge in [0, 0.05) is 17.7 Å². The van der Waals surface area contributed by atoms with Crippen molar-refractivity contribution >= 4 is 21.3 Å². The van der Waals surface area contributed by atoms with Gasteiger partial charge in [-0.2, -0.15) is 0 Å². The second-order valence-corrected chi connectivity index (χ2v) is 8.00. The number of rotatable bonds is 2. The smallest absolute Gasteiger partial charge is 0.264 e. The maximum Gasteiger partial charge on any atom is 0.264 e. The Morgan fingerprint density at radius 1 is 1.12 bits per heavy atom. The first-order valence-corrected chi connectivity index (χ1v) is 9.33. The summed E-state index contributed by atoms with van der Waals surface area (Å²) in [4.78, 5) is 4.85. The van der Waals surface area contributed by atoms with Crippen LogP contribution in [-0.4, -0.2) is 26.1 Å². The molecule has 4 rings (SSSR count). The number of ether oxygens (including phenoxy) is 1. The third kappa shape index (κ3) is 2.21. The van der Waals surface area contributed by atoms with Crippen LogP contribution >= 0.6 is 0 Å². The zero-order valence-electron chi connectivity index (χ0n) is 13.6. The van der Waals surface area contributed by atoms with Gasteiger partial charge in [-0.05, 0) is 38.1 Å². The van der Waals surface area contributed by atoms with Crippen molar-refractivity contribution in [1.82, 2.24) is 4.98 Å². The van der Waals surface area contributed by atoms with E-state index in [4.69, 9.17) is 4.74 Å².